The number of rotatable bonds is 6. The van der Waals surface area contributed by atoms with Gasteiger partial charge in [-0.1, -0.05) is 26.3 Å². The van der Waals surface area contributed by atoms with Crippen LogP contribution in [0.3, 0.4) is 0 Å². The molecule has 0 spiro atoms. The summed E-state index contributed by atoms with van der Waals surface area (Å²) >= 11 is 1.42. The number of fused-ring (bicyclic) bond motifs is 2. The molecule has 0 aliphatic heterocycles. The first-order valence-corrected chi connectivity index (χ1v) is 14.6. The van der Waals surface area contributed by atoms with E-state index in [0.717, 1.165) is 44.9 Å². The summed E-state index contributed by atoms with van der Waals surface area (Å²) in [6.07, 6.45) is 10.8. The third-order valence-corrected chi connectivity index (χ3v) is 9.41. The van der Waals surface area contributed by atoms with Crippen molar-refractivity contribution >= 4 is 17.6 Å². The molecule has 3 aliphatic rings. The Labute approximate surface area is 226 Å². The lowest BCUT2D eigenvalue weighted by Crippen LogP contribution is -2.58. The average Bonchev–Trinajstić information content (AvgIpc) is 3.73. The molecule has 0 unspecified atom stereocenters. The van der Waals surface area contributed by atoms with Crippen molar-refractivity contribution in [1.82, 2.24) is 20.2 Å². The molecule has 3 aliphatic carbocycles. The van der Waals surface area contributed by atoms with E-state index in [0.29, 0.717) is 27.5 Å². The van der Waals surface area contributed by atoms with Gasteiger partial charge >= 0.3 is 0 Å². The smallest absolute Gasteiger partial charge is 0.185 e. The second-order valence-electron chi connectivity index (χ2n) is 11.9. The Hall–Kier alpha value is -2.81. The van der Waals surface area contributed by atoms with Crippen LogP contribution >= 0.6 is 11.8 Å². The van der Waals surface area contributed by atoms with Crippen molar-refractivity contribution in [3.63, 3.8) is 0 Å². The molecule has 0 radical (unpaired) electrons. The molecule has 2 bridgehead atoms. The molecular weight excluding hydrogens is 504 g/mol. The molecule has 0 saturated heterocycles. The van der Waals surface area contributed by atoms with E-state index < -0.39 is 12.0 Å². The van der Waals surface area contributed by atoms with Gasteiger partial charge in [-0.15, -0.1) is 22.0 Å². The lowest BCUT2D eigenvalue weighted by Gasteiger charge is -2.56. The van der Waals surface area contributed by atoms with E-state index in [1.807, 2.05) is 6.26 Å². The molecule has 3 aromatic rings. The minimum Gasteiger partial charge on any atom is -0.507 e. The minimum absolute atomic E-state index is 0.0669. The number of hydrogen-bond donors (Lipinski definition) is 1. The Balaban J connectivity index is 1.28. The molecule has 3 fully saturated rings. The highest BCUT2D eigenvalue weighted by Crippen LogP contribution is 2.58. The van der Waals surface area contributed by atoms with E-state index in [2.05, 4.69) is 38.9 Å². The largest absolute Gasteiger partial charge is 0.507 e. The monoisotopic (exact) mass is 537 g/mol. The lowest BCUT2D eigenvalue weighted by molar-refractivity contribution is -0.0554. The molecule has 6 nitrogen and oxygen atoms in total. The highest BCUT2D eigenvalue weighted by atomic mass is 32.2. The van der Waals surface area contributed by atoms with E-state index in [-0.39, 0.29) is 34.5 Å². The number of anilines is 1. The molecule has 38 heavy (non-hydrogen) atoms. The maximum absolute atomic E-state index is 16.1. The fourth-order valence-corrected chi connectivity index (χ4v) is 7.32. The standard InChI is InChI=1S/C29H33F2N5OS/c1-28-9-4-10-29(2,16-28)26(31)22(13-28)36(18-6-7-18)24-15-33-27(35-34-24)19-8-5-17(11-23(19)37)20-12-25(38-3)32-14-21(20)30/h5,8,11-12,14-15,18,22,26,37H,4,6-7,9-10,13,16H2,1-3H3/t22-,26-,28-,29-/m1/s1. The van der Waals surface area contributed by atoms with E-state index in [4.69, 9.17) is 0 Å². The SMILES string of the molecule is CSc1cc(-c2ccc(-c3ncc(N(C4CC4)[C@@H]4C[C@@]5(C)CCC[C@](C)(C5)[C@@H]4F)nn3)c(O)c2)c(F)cn1. The molecule has 4 atom stereocenters. The number of nitrogens with zero attached hydrogens (tertiary/aromatic N) is 5. The molecule has 2 aromatic heterocycles. The third-order valence-electron chi connectivity index (χ3n) is 8.76. The maximum atomic E-state index is 16.1. The maximum Gasteiger partial charge on any atom is 0.185 e. The summed E-state index contributed by atoms with van der Waals surface area (Å²) in [7, 11) is 0. The van der Waals surface area contributed by atoms with Gasteiger partial charge in [-0.2, -0.15) is 0 Å². The van der Waals surface area contributed by atoms with E-state index in [1.165, 1.54) is 24.0 Å². The van der Waals surface area contributed by atoms with Gasteiger partial charge in [0.2, 0.25) is 0 Å². The molecule has 9 heteroatoms. The molecule has 1 N–H and O–H groups in total. The zero-order valence-corrected chi connectivity index (χ0v) is 22.8. The van der Waals surface area contributed by atoms with E-state index in [1.54, 1.807) is 24.4 Å². The Morgan fingerprint density at radius 3 is 2.55 bits per heavy atom. The summed E-state index contributed by atoms with van der Waals surface area (Å²) in [4.78, 5) is 10.7. The number of halogens is 2. The predicted molar refractivity (Wildman–Crippen MR) is 145 cm³/mol. The number of phenols is 1. The zero-order valence-electron chi connectivity index (χ0n) is 22.0. The number of pyridine rings is 1. The van der Waals surface area contributed by atoms with Crippen LogP contribution in [0.25, 0.3) is 22.5 Å². The van der Waals surface area contributed by atoms with Gasteiger partial charge < -0.3 is 10.0 Å². The number of aromatic hydroxyl groups is 1. The summed E-state index contributed by atoms with van der Waals surface area (Å²) in [6, 6.07) is 6.58. The van der Waals surface area contributed by atoms with Crippen LogP contribution in [0.15, 0.2) is 41.7 Å². The molecule has 3 saturated carbocycles. The van der Waals surface area contributed by atoms with Gasteiger partial charge in [0.15, 0.2) is 11.6 Å². The fourth-order valence-electron chi connectivity index (χ4n) is 6.92. The van der Waals surface area contributed by atoms with Crippen LogP contribution in [0.1, 0.15) is 58.8 Å². The van der Waals surface area contributed by atoms with Gasteiger partial charge in [0, 0.05) is 17.0 Å². The molecule has 6 rings (SSSR count). The first-order chi connectivity index (χ1) is 18.2. The van der Waals surface area contributed by atoms with Gasteiger partial charge in [-0.3, -0.25) is 0 Å². The van der Waals surface area contributed by atoms with E-state index in [9.17, 15) is 9.50 Å². The van der Waals surface area contributed by atoms with Gasteiger partial charge in [0.1, 0.15) is 17.7 Å². The summed E-state index contributed by atoms with van der Waals surface area (Å²) in [5, 5.41) is 20.3. The van der Waals surface area contributed by atoms with Crippen molar-refractivity contribution in [2.24, 2.45) is 10.8 Å². The van der Waals surface area contributed by atoms with Crippen molar-refractivity contribution in [2.45, 2.75) is 82.1 Å². The predicted octanol–water partition coefficient (Wildman–Crippen LogP) is 6.83. The summed E-state index contributed by atoms with van der Waals surface area (Å²) < 4.78 is 30.5. The van der Waals surface area contributed by atoms with Crippen LogP contribution in [-0.4, -0.2) is 49.8 Å². The Bertz CT molecular complexity index is 1350. The quantitative estimate of drug-likeness (QED) is 0.345. The third kappa shape index (κ3) is 4.52. The van der Waals surface area contributed by atoms with Gasteiger partial charge in [-0.25, -0.2) is 18.7 Å². The number of aromatic nitrogens is 4. The molecule has 2 heterocycles. The molecule has 1 aromatic carbocycles. The second-order valence-corrected chi connectivity index (χ2v) is 12.7. The molecular formula is C29H33F2N5OS. The fraction of sp³-hybridized carbons (Fsp3) is 0.517. The number of hydrogen-bond acceptors (Lipinski definition) is 7. The zero-order chi connectivity index (χ0) is 26.7. The van der Waals surface area contributed by atoms with Crippen LogP contribution in [0.4, 0.5) is 14.6 Å². The highest BCUT2D eigenvalue weighted by molar-refractivity contribution is 7.98. The topological polar surface area (TPSA) is 75.0 Å². The molecule has 200 valence electrons. The number of thioether (sulfide) groups is 1. The van der Waals surface area contributed by atoms with Gasteiger partial charge in [0.25, 0.3) is 0 Å². The Kier molecular flexibility index (Phi) is 6.32. The molecule has 0 amide bonds. The van der Waals surface area contributed by atoms with Crippen molar-refractivity contribution < 1.29 is 13.9 Å². The van der Waals surface area contributed by atoms with Crippen LogP contribution in [0.5, 0.6) is 5.75 Å². The Morgan fingerprint density at radius 2 is 1.87 bits per heavy atom. The van der Waals surface area contributed by atoms with E-state index >= 15 is 4.39 Å². The number of phenolic OH excluding ortho intramolecular Hbond substituents is 1. The summed E-state index contributed by atoms with van der Waals surface area (Å²) in [5.74, 6) is 0.335. The van der Waals surface area contributed by atoms with Crippen molar-refractivity contribution in [3.05, 3.63) is 42.5 Å². The van der Waals surface area contributed by atoms with Crippen LogP contribution in [0, 0.1) is 16.6 Å². The average molecular weight is 538 g/mol. The first-order valence-electron chi connectivity index (χ1n) is 13.4. The first kappa shape index (κ1) is 25.5. The van der Waals surface area contributed by atoms with Crippen molar-refractivity contribution in [2.75, 3.05) is 11.2 Å². The van der Waals surface area contributed by atoms with Crippen LogP contribution in [-0.2, 0) is 0 Å². The summed E-state index contributed by atoms with van der Waals surface area (Å²) in [6.45, 7) is 4.43. The van der Waals surface area contributed by atoms with Crippen LogP contribution < -0.4 is 4.90 Å². The van der Waals surface area contributed by atoms with Crippen molar-refractivity contribution in [3.8, 4) is 28.3 Å². The Morgan fingerprint density at radius 1 is 1.05 bits per heavy atom. The number of alkyl halides is 1. The highest BCUT2D eigenvalue weighted by Gasteiger charge is 2.56. The van der Waals surface area contributed by atoms with Crippen LogP contribution in [0.2, 0.25) is 0 Å². The normalized spacial score (nSPS) is 28.8. The van der Waals surface area contributed by atoms with Gasteiger partial charge in [-0.05, 0) is 74.0 Å². The van der Waals surface area contributed by atoms with Gasteiger partial charge in [0.05, 0.1) is 29.0 Å². The van der Waals surface area contributed by atoms with Crippen molar-refractivity contribution in [1.29, 1.82) is 0 Å². The number of benzene rings is 1. The minimum atomic E-state index is -0.922. The lowest BCUT2D eigenvalue weighted by atomic mass is 9.54. The second kappa shape index (κ2) is 9.43. The summed E-state index contributed by atoms with van der Waals surface area (Å²) in [5.41, 5.74) is 1.14.